The Kier molecular flexibility index (Phi) is 7.05. The van der Waals surface area contributed by atoms with E-state index < -0.39 is 0 Å². The second-order valence-corrected chi connectivity index (χ2v) is 9.58. The van der Waals surface area contributed by atoms with Crippen LogP contribution in [0.25, 0.3) is 11.0 Å². The number of hydrogen-bond donors (Lipinski definition) is 1. The van der Waals surface area contributed by atoms with Crippen LogP contribution in [0.2, 0.25) is 0 Å². The third kappa shape index (κ3) is 5.23. The summed E-state index contributed by atoms with van der Waals surface area (Å²) in [5.41, 5.74) is 3.10. The fraction of sp³-hybridized carbons (Fsp3) is 0.417. The number of likely N-dealkylation sites (tertiary alicyclic amines) is 1. The highest BCUT2D eigenvalue weighted by Gasteiger charge is 2.21. The number of rotatable bonds is 9. The highest BCUT2D eigenvalue weighted by molar-refractivity contribution is 7.99. The van der Waals surface area contributed by atoms with E-state index in [0.29, 0.717) is 12.6 Å². The molecule has 1 N–H and O–H groups in total. The fourth-order valence-corrected chi connectivity index (χ4v) is 5.31. The van der Waals surface area contributed by atoms with Crippen LogP contribution in [0.15, 0.2) is 53.7 Å². The van der Waals surface area contributed by atoms with Crippen molar-refractivity contribution >= 4 is 28.7 Å². The minimum absolute atomic E-state index is 0.216. The molecule has 0 spiro atoms. The molecule has 0 saturated carbocycles. The molecule has 1 fully saturated rings. The van der Waals surface area contributed by atoms with Gasteiger partial charge in [0.2, 0.25) is 11.1 Å². The molecule has 0 bridgehead atoms. The summed E-state index contributed by atoms with van der Waals surface area (Å²) in [5.74, 6) is 1.64. The van der Waals surface area contributed by atoms with E-state index in [1.807, 2.05) is 41.9 Å². The fourth-order valence-electron chi connectivity index (χ4n) is 4.37. The lowest BCUT2D eigenvalue weighted by atomic mass is 10.1. The molecule has 4 aromatic rings. The zero-order valence-corrected chi connectivity index (χ0v) is 20.1. The Labute approximate surface area is 202 Å². The van der Waals surface area contributed by atoms with E-state index in [1.165, 1.54) is 12.1 Å². The summed E-state index contributed by atoms with van der Waals surface area (Å²) in [6, 6.07) is 15.2. The molecule has 0 atom stereocenters. The predicted molar refractivity (Wildman–Crippen MR) is 133 cm³/mol. The second-order valence-electron chi connectivity index (χ2n) is 8.52. The third-order valence-corrected chi connectivity index (χ3v) is 7.20. The van der Waals surface area contributed by atoms with Crippen LogP contribution in [0.3, 0.4) is 0 Å². The van der Waals surface area contributed by atoms with Crippen molar-refractivity contribution in [2.45, 2.75) is 44.1 Å². The van der Waals surface area contributed by atoms with Gasteiger partial charge in [-0.3, -0.25) is 0 Å². The minimum atomic E-state index is -0.216. The Balaban J connectivity index is 1.19. The number of para-hydroxylation sites is 2. The molecule has 1 saturated heterocycles. The van der Waals surface area contributed by atoms with Gasteiger partial charge in [0, 0.05) is 38.0 Å². The van der Waals surface area contributed by atoms with E-state index in [0.717, 1.165) is 72.5 Å². The van der Waals surface area contributed by atoms with E-state index in [1.54, 1.807) is 11.8 Å². The third-order valence-electron chi connectivity index (χ3n) is 6.27. The lowest BCUT2D eigenvalue weighted by molar-refractivity contribution is 0.231. The molecular formula is C24H29FN8S. The summed E-state index contributed by atoms with van der Waals surface area (Å²) in [6.07, 6.45) is 2.13. The number of fused-ring (bicyclic) bond motifs is 1. The van der Waals surface area contributed by atoms with Crippen LogP contribution in [-0.4, -0.2) is 66.1 Å². The van der Waals surface area contributed by atoms with Gasteiger partial charge in [-0.1, -0.05) is 36.0 Å². The lowest BCUT2D eigenvalue weighted by Gasteiger charge is -2.32. The summed E-state index contributed by atoms with van der Waals surface area (Å²) in [6.45, 7) is 6.61. The normalized spacial score (nSPS) is 15.2. The van der Waals surface area contributed by atoms with E-state index in [9.17, 15) is 4.39 Å². The van der Waals surface area contributed by atoms with Crippen LogP contribution in [0.5, 0.6) is 0 Å². The number of piperidine rings is 1. The van der Waals surface area contributed by atoms with Crippen molar-refractivity contribution in [2.75, 3.05) is 30.7 Å². The summed E-state index contributed by atoms with van der Waals surface area (Å²) in [5, 5.41) is 16.4. The molecule has 2 aromatic carbocycles. The molecule has 0 unspecified atom stereocenters. The largest absolute Gasteiger partial charge is 0.353 e. The maximum atomic E-state index is 13.4. The zero-order chi connectivity index (χ0) is 23.3. The number of anilines is 1. The van der Waals surface area contributed by atoms with Crippen LogP contribution < -0.4 is 5.32 Å². The molecule has 178 valence electrons. The predicted octanol–water partition coefficient (Wildman–Crippen LogP) is 3.90. The Morgan fingerprint density at radius 3 is 2.68 bits per heavy atom. The number of nitrogens with zero attached hydrogens (tertiary/aromatic N) is 7. The average Bonchev–Trinajstić information content (AvgIpc) is 3.46. The first-order valence-corrected chi connectivity index (χ1v) is 12.8. The van der Waals surface area contributed by atoms with Crippen LogP contribution in [0.1, 0.15) is 25.3 Å². The first-order chi connectivity index (χ1) is 16.7. The summed E-state index contributed by atoms with van der Waals surface area (Å²) in [4.78, 5) is 7.38. The topological polar surface area (TPSA) is 76.7 Å². The molecular weight excluding hydrogens is 451 g/mol. The van der Waals surface area contributed by atoms with Gasteiger partial charge in [-0.2, -0.15) is 0 Å². The number of benzene rings is 2. The van der Waals surface area contributed by atoms with Gasteiger partial charge in [0.25, 0.3) is 0 Å². The van der Waals surface area contributed by atoms with Crippen molar-refractivity contribution in [1.29, 1.82) is 0 Å². The van der Waals surface area contributed by atoms with Gasteiger partial charge in [-0.25, -0.2) is 14.1 Å². The smallest absolute Gasteiger partial charge is 0.209 e. The van der Waals surface area contributed by atoms with E-state index in [4.69, 9.17) is 4.98 Å². The Bertz CT molecular complexity index is 1210. The standard InChI is InChI=1S/C24H29FN8S/c1-2-33-24(28-29-30-33)34-16-15-31-13-11-20(12-14-31)26-23-27-21-5-3-4-6-22(21)32(23)17-18-7-9-19(25)10-8-18/h3-10,20H,2,11-17H2,1H3,(H,26,27). The number of aryl methyl sites for hydroxylation is 1. The van der Waals surface area contributed by atoms with E-state index in [-0.39, 0.29) is 5.82 Å². The number of thioether (sulfide) groups is 1. The zero-order valence-electron chi connectivity index (χ0n) is 19.3. The summed E-state index contributed by atoms with van der Waals surface area (Å²) >= 11 is 1.71. The Morgan fingerprint density at radius 2 is 1.88 bits per heavy atom. The van der Waals surface area contributed by atoms with Crippen molar-refractivity contribution < 1.29 is 4.39 Å². The van der Waals surface area contributed by atoms with Crippen molar-refractivity contribution in [3.63, 3.8) is 0 Å². The molecule has 10 heteroatoms. The number of halogens is 1. The monoisotopic (exact) mass is 480 g/mol. The van der Waals surface area contributed by atoms with Gasteiger partial charge in [0.05, 0.1) is 17.6 Å². The lowest BCUT2D eigenvalue weighted by Crippen LogP contribution is -2.40. The van der Waals surface area contributed by atoms with Crippen LogP contribution in [-0.2, 0) is 13.1 Å². The van der Waals surface area contributed by atoms with E-state index in [2.05, 4.69) is 36.4 Å². The number of aromatic nitrogens is 6. The first kappa shape index (κ1) is 22.8. The summed E-state index contributed by atoms with van der Waals surface area (Å²) in [7, 11) is 0. The van der Waals surface area contributed by atoms with Crippen molar-refractivity contribution in [3.05, 3.63) is 59.9 Å². The van der Waals surface area contributed by atoms with Gasteiger partial charge in [0.15, 0.2) is 0 Å². The Hall–Kier alpha value is -2.98. The molecule has 8 nitrogen and oxygen atoms in total. The van der Waals surface area contributed by atoms with Crippen LogP contribution >= 0.6 is 11.8 Å². The minimum Gasteiger partial charge on any atom is -0.353 e. The van der Waals surface area contributed by atoms with Gasteiger partial charge in [-0.15, -0.1) is 5.10 Å². The van der Waals surface area contributed by atoms with Crippen LogP contribution in [0, 0.1) is 5.82 Å². The molecule has 34 heavy (non-hydrogen) atoms. The maximum Gasteiger partial charge on any atom is 0.209 e. The molecule has 0 amide bonds. The average molecular weight is 481 g/mol. The highest BCUT2D eigenvalue weighted by atomic mass is 32.2. The van der Waals surface area contributed by atoms with Crippen molar-refractivity contribution in [2.24, 2.45) is 0 Å². The number of hydrogen-bond acceptors (Lipinski definition) is 7. The molecule has 3 heterocycles. The number of imidazole rings is 1. The maximum absolute atomic E-state index is 13.4. The molecule has 2 aromatic heterocycles. The SMILES string of the molecule is CCn1nnnc1SCCN1CCC(Nc2nc3ccccc3n2Cc2ccc(F)cc2)CC1. The molecule has 5 rings (SSSR count). The van der Waals surface area contributed by atoms with Gasteiger partial charge in [0.1, 0.15) is 5.82 Å². The first-order valence-electron chi connectivity index (χ1n) is 11.8. The summed E-state index contributed by atoms with van der Waals surface area (Å²) < 4.78 is 17.4. The van der Waals surface area contributed by atoms with Gasteiger partial charge >= 0.3 is 0 Å². The highest BCUT2D eigenvalue weighted by Crippen LogP contribution is 2.24. The van der Waals surface area contributed by atoms with E-state index >= 15 is 0 Å². The van der Waals surface area contributed by atoms with Crippen molar-refractivity contribution in [3.8, 4) is 0 Å². The second kappa shape index (κ2) is 10.5. The molecule has 0 radical (unpaired) electrons. The molecule has 1 aliphatic rings. The molecule has 1 aliphatic heterocycles. The molecule has 0 aliphatic carbocycles. The Morgan fingerprint density at radius 1 is 1.09 bits per heavy atom. The van der Waals surface area contributed by atoms with Crippen molar-refractivity contribution in [1.82, 2.24) is 34.7 Å². The van der Waals surface area contributed by atoms with Gasteiger partial charge in [-0.05, 0) is 60.0 Å². The number of nitrogens with one attached hydrogen (secondary N) is 1. The van der Waals surface area contributed by atoms with Crippen LogP contribution in [0.4, 0.5) is 10.3 Å². The number of tetrazole rings is 1. The van der Waals surface area contributed by atoms with Gasteiger partial charge < -0.3 is 14.8 Å². The quantitative estimate of drug-likeness (QED) is 0.364.